The number of carboxylic acids is 1. The molecule has 0 bridgehead atoms. The number of allylic oxidation sites excluding steroid dienone is 1. The molecule has 0 atom stereocenters. The third-order valence-electron chi connectivity index (χ3n) is 3.86. The van der Waals surface area contributed by atoms with Crippen LogP contribution in [0.3, 0.4) is 0 Å². The molecule has 1 aliphatic carbocycles. The van der Waals surface area contributed by atoms with Gasteiger partial charge in [0.2, 0.25) is 0 Å². The zero-order valence-corrected chi connectivity index (χ0v) is 11.1. The first-order chi connectivity index (χ1) is 8.02. The van der Waals surface area contributed by atoms with Crippen molar-refractivity contribution < 1.29 is 14.6 Å². The molecule has 3 nitrogen and oxygen atoms in total. The van der Waals surface area contributed by atoms with Gasteiger partial charge in [0.25, 0.3) is 0 Å². The number of hydrogen-bond acceptors (Lipinski definition) is 2. The van der Waals surface area contributed by atoms with E-state index in [2.05, 4.69) is 13.8 Å². The van der Waals surface area contributed by atoms with Crippen LogP contribution in [0.4, 0.5) is 0 Å². The van der Waals surface area contributed by atoms with Gasteiger partial charge in [-0.15, -0.1) is 0 Å². The van der Waals surface area contributed by atoms with E-state index in [-0.39, 0.29) is 0 Å². The Labute approximate surface area is 104 Å². The predicted octanol–water partition coefficient (Wildman–Crippen LogP) is 3.25. The molecular weight excluding hydrogens is 216 g/mol. The summed E-state index contributed by atoms with van der Waals surface area (Å²) in [4.78, 5) is 11.4. The summed E-state index contributed by atoms with van der Waals surface area (Å²) in [7, 11) is 0. The van der Waals surface area contributed by atoms with Crippen LogP contribution in [-0.2, 0) is 9.53 Å². The summed E-state index contributed by atoms with van der Waals surface area (Å²) in [6, 6.07) is 0. The number of ether oxygens (including phenoxy) is 1. The zero-order chi connectivity index (χ0) is 12.9. The summed E-state index contributed by atoms with van der Waals surface area (Å²) in [5.41, 5.74) is -0.940. The van der Waals surface area contributed by atoms with Crippen molar-refractivity contribution in [3.05, 3.63) is 12.2 Å². The van der Waals surface area contributed by atoms with Gasteiger partial charge in [0.1, 0.15) is 0 Å². The van der Waals surface area contributed by atoms with E-state index in [0.717, 1.165) is 12.8 Å². The average Bonchev–Trinajstić information content (AvgIpc) is 2.29. The van der Waals surface area contributed by atoms with E-state index < -0.39 is 11.6 Å². The van der Waals surface area contributed by atoms with Crippen molar-refractivity contribution in [2.75, 3.05) is 6.61 Å². The van der Waals surface area contributed by atoms with E-state index in [4.69, 9.17) is 4.74 Å². The van der Waals surface area contributed by atoms with Gasteiger partial charge in [-0.25, -0.2) is 4.79 Å². The molecule has 0 unspecified atom stereocenters. The van der Waals surface area contributed by atoms with Gasteiger partial charge in [-0.2, -0.15) is 0 Å². The quantitative estimate of drug-likeness (QED) is 0.750. The molecule has 1 N–H and O–H groups in total. The summed E-state index contributed by atoms with van der Waals surface area (Å²) >= 11 is 0. The topological polar surface area (TPSA) is 46.5 Å². The van der Waals surface area contributed by atoms with Crippen LogP contribution in [-0.4, -0.2) is 23.3 Å². The molecule has 1 saturated carbocycles. The van der Waals surface area contributed by atoms with Gasteiger partial charge in [-0.05, 0) is 44.4 Å². The smallest absolute Gasteiger partial charge is 0.335 e. The van der Waals surface area contributed by atoms with Crippen molar-refractivity contribution in [3.8, 4) is 0 Å². The molecule has 0 amide bonds. The van der Waals surface area contributed by atoms with Gasteiger partial charge in [-0.3, -0.25) is 0 Å². The lowest BCUT2D eigenvalue weighted by atomic mass is 9.74. The lowest BCUT2D eigenvalue weighted by Crippen LogP contribution is -2.45. The maximum atomic E-state index is 11.4. The SMILES string of the molecule is CC=CCOC1(C(=O)O)CCC(C(C)C)CC1. The predicted molar refractivity (Wildman–Crippen MR) is 67.9 cm³/mol. The highest BCUT2D eigenvalue weighted by Crippen LogP contribution is 2.38. The molecule has 0 aromatic rings. The Morgan fingerprint density at radius 2 is 2.06 bits per heavy atom. The maximum absolute atomic E-state index is 11.4. The summed E-state index contributed by atoms with van der Waals surface area (Å²) in [5, 5.41) is 9.36. The molecule has 1 rings (SSSR count). The first-order valence-corrected chi connectivity index (χ1v) is 6.50. The minimum absolute atomic E-state index is 0.398. The second kappa shape index (κ2) is 6.20. The molecule has 1 fully saturated rings. The first-order valence-electron chi connectivity index (χ1n) is 6.50. The highest BCUT2D eigenvalue weighted by Gasteiger charge is 2.43. The summed E-state index contributed by atoms with van der Waals surface area (Å²) in [5.74, 6) is 0.481. The van der Waals surface area contributed by atoms with Crippen LogP contribution in [0.25, 0.3) is 0 Å². The second-order valence-corrected chi connectivity index (χ2v) is 5.26. The molecule has 0 radical (unpaired) electrons. The normalized spacial score (nSPS) is 30.0. The molecular formula is C14H24O3. The van der Waals surface area contributed by atoms with E-state index in [1.165, 1.54) is 0 Å². The standard InChI is InChI=1S/C14H24O3/c1-4-5-10-17-14(13(15)16)8-6-12(7-9-14)11(2)3/h4-5,11-12H,6-10H2,1-3H3,(H,15,16). The highest BCUT2D eigenvalue weighted by atomic mass is 16.5. The Hall–Kier alpha value is -0.830. The summed E-state index contributed by atoms with van der Waals surface area (Å²) in [6.45, 7) is 6.72. The fourth-order valence-electron chi connectivity index (χ4n) is 2.50. The fraction of sp³-hybridized carbons (Fsp3) is 0.786. The molecule has 0 saturated heterocycles. The van der Waals surface area contributed by atoms with Crippen LogP contribution in [0.2, 0.25) is 0 Å². The van der Waals surface area contributed by atoms with E-state index in [0.29, 0.717) is 31.3 Å². The summed E-state index contributed by atoms with van der Waals surface area (Å²) < 4.78 is 5.61. The Morgan fingerprint density at radius 1 is 1.47 bits per heavy atom. The monoisotopic (exact) mass is 240 g/mol. The third-order valence-corrected chi connectivity index (χ3v) is 3.86. The lowest BCUT2D eigenvalue weighted by molar-refractivity contribution is -0.170. The van der Waals surface area contributed by atoms with Gasteiger partial charge >= 0.3 is 5.97 Å². The fourth-order valence-corrected chi connectivity index (χ4v) is 2.50. The van der Waals surface area contributed by atoms with Crippen molar-refractivity contribution in [3.63, 3.8) is 0 Å². The number of carboxylic acid groups (broad SMARTS) is 1. The third kappa shape index (κ3) is 3.56. The highest BCUT2D eigenvalue weighted by molar-refractivity contribution is 5.77. The van der Waals surface area contributed by atoms with E-state index in [1.54, 1.807) is 0 Å². The molecule has 1 aliphatic rings. The minimum Gasteiger partial charge on any atom is -0.479 e. The number of rotatable bonds is 5. The molecule has 3 heteroatoms. The Bertz CT molecular complexity index is 273. The summed E-state index contributed by atoms with van der Waals surface area (Å²) in [6.07, 6.45) is 6.94. The van der Waals surface area contributed by atoms with E-state index in [9.17, 15) is 9.90 Å². The number of hydrogen-bond donors (Lipinski definition) is 1. The largest absolute Gasteiger partial charge is 0.479 e. The van der Waals surface area contributed by atoms with E-state index in [1.807, 2.05) is 19.1 Å². The number of aliphatic carboxylic acids is 1. The van der Waals surface area contributed by atoms with Crippen LogP contribution >= 0.6 is 0 Å². The van der Waals surface area contributed by atoms with Gasteiger partial charge in [0.05, 0.1) is 6.61 Å². The Morgan fingerprint density at radius 3 is 2.47 bits per heavy atom. The first kappa shape index (κ1) is 14.2. The molecule has 0 aromatic carbocycles. The minimum atomic E-state index is -0.940. The van der Waals surface area contributed by atoms with Crippen molar-refractivity contribution in [2.24, 2.45) is 11.8 Å². The Kier molecular flexibility index (Phi) is 5.19. The molecule has 0 aromatic heterocycles. The zero-order valence-electron chi connectivity index (χ0n) is 11.1. The van der Waals surface area contributed by atoms with Crippen molar-refractivity contribution in [1.29, 1.82) is 0 Å². The second-order valence-electron chi connectivity index (χ2n) is 5.26. The molecule has 98 valence electrons. The van der Waals surface area contributed by atoms with Crippen LogP contribution in [0, 0.1) is 11.8 Å². The van der Waals surface area contributed by atoms with Gasteiger partial charge in [-0.1, -0.05) is 26.0 Å². The molecule has 17 heavy (non-hydrogen) atoms. The number of carbonyl (C=O) groups is 1. The van der Waals surface area contributed by atoms with Gasteiger partial charge in [0, 0.05) is 0 Å². The van der Waals surface area contributed by atoms with Crippen LogP contribution in [0.1, 0.15) is 46.5 Å². The van der Waals surface area contributed by atoms with Crippen molar-refractivity contribution in [1.82, 2.24) is 0 Å². The Balaban J connectivity index is 2.60. The lowest BCUT2D eigenvalue weighted by Gasteiger charge is -2.37. The van der Waals surface area contributed by atoms with Crippen LogP contribution in [0.15, 0.2) is 12.2 Å². The van der Waals surface area contributed by atoms with Crippen molar-refractivity contribution in [2.45, 2.75) is 52.1 Å². The van der Waals surface area contributed by atoms with Crippen LogP contribution in [0.5, 0.6) is 0 Å². The van der Waals surface area contributed by atoms with E-state index >= 15 is 0 Å². The van der Waals surface area contributed by atoms with Crippen LogP contribution < -0.4 is 0 Å². The van der Waals surface area contributed by atoms with Gasteiger partial charge < -0.3 is 9.84 Å². The molecule has 0 aliphatic heterocycles. The maximum Gasteiger partial charge on any atom is 0.335 e. The molecule has 0 spiro atoms. The molecule has 0 heterocycles. The average molecular weight is 240 g/mol. The van der Waals surface area contributed by atoms with Crippen molar-refractivity contribution >= 4 is 5.97 Å². The van der Waals surface area contributed by atoms with Gasteiger partial charge in [0.15, 0.2) is 5.60 Å².